The molecule has 1 atom stereocenters. The lowest BCUT2D eigenvalue weighted by Gasteiger charge is -2.29. The van der Waals surface area contributed by atoms with Gasteiger partial charge in [-0.15, -0.1) is 0 Å². The van der Waals surface area contributed by atoms with E-state index in [9.17, 15) is 19.2 Å². The van der Waals surface area contributed by atoms with Gasteiger partial charge < -0.3 is 29.4 Å². The number of hydrogen-bond donors (Lipinski definition) is 2. The number of carbonyl (C=O) groups excluding carboxylic acids is 4. The maximum absolute atomic E-state index is 13.4. The Labute approximate surface area is 225 Å². The van der Waals surface area contributed by atoms with Crippen LogP contribution >= 0.6 is 0 Å². The lowest BCUT2D eigenvalue weighted by molar-refractivity contribution is -0.157. The van der Waals surface area contributed by atoms with Crippen LogP contribution < -0.4 is 10.6 Å². The molecule has 0 fully saturated rings. The van der Waals surface area contributed by atoms with Crippen molar-refractivity contribution in [1.82, 2.24) is 9.88 Å². The fourth-order valence-corrected chi connectivity index (χ4v) is 5.00. The molecule has 0 aliphatic carbocycles. The molecular formula is C29H31N3O7. The summed E-state index contributed by atoms with van der Waals surface area (Å²) in [4.78, 5) is 51.5. The number of aryl methyl sites for hydroxylation is 1. The SMILES string of the molecule is CCn1c2ccccc2c2cc(NC(=O)[C@H](C)OC(=O)C3C(C(=O)OC)=C(C)NC(C)=C3C(=O)OC)ccc21. The highest BCUT2D eigenvalue weighted by Gasteiger charge is 2.43. The first-order valence-electron chi connectivity index (χ1n) is 12.5. The van der Waals surface area contributed by atoms with Crippen LogP contribution in [0, 0.1) is 5.92 Å². The Morgan fingerprint density at radius 3 is 2.10 bits per heavy atom. The van der Waals surface area contributed by atoms with Crippen LogP contribution in [-0.2, 0) is 39.9 Å². The lowest BCUT2D eigenvalue weighted by Crippen LogP contribution is -2.40. The zero-order chi connectivity index (χ0) is 28.4. The summed E-state index contributed by atoms with van der Waals surface area (Å²) in [5.74, 6) is -4.59. The average Bonchev–Trinajstić information content (AvgIpc) is 3.24. The number of rotatable bonds is 7. The van der Waals surface area contributed by atoms with Gasteiger partial charge in [-0.05, 0) is 52.0 Å². The van der Waals surface area contributed by atoms with Crippen LogP contribution in [0.15, 0.2) is 65.0 Å². The number of nitrogens with zero attached hydrogens (tertiary/aromatic N) is 1. The molecule has 0 saturated carbocycles. The van der Waals surface area contributed by atoms with E-state index in [-0.39, 0.29) is 11.1 Å². The molecule has 1 aliphatic rings. The van der Waals surface area contributed by atoms with Gasteiger partial charge in [0, 0.05) is 45.4 Å². The van der Waals surface area contributed by atoms with Crippen molar-refractivity contribution in [2.45, 2.75) is 40.3 Å². The highest BCUT2D eigenvalue weighted by atomic mass is 16.6. The van der Waals surface area contributed by atoms with E-state index >= 15 is 0 Å². The van der Waals surface area contributed by atoms with E-state index < -0.39 is 35.8 Å². The van der Waals surface area contributed by atoms with E-state index in [0.29, 0.717) is 17.1 Å². The third-order valence-corrected chi connectivity index (χ3v) is 6.82. The summed E-state index contributed by atoms with van der Waals surface area (Å²) in [5.41, 5.74) is 3.12. The lowest BCUT2D eigenvalue weighted by atomic mass is 9.85. The molecule has 10 nitrogen and oxygen atoms in total. The molecule has 2 aromatic carbocycles. The number of amides is 1. The van der Waals surface area contributed by atoms with E-state index in [4.69, 9.17) is 14.2 Å². The van der Waals surface area contributed by atoms with Crippen molar-refractivity contribution >= 4 is 51.3 Å². The predicted octanol–water partition coefficient (Wildman–Crippen LogP) is 3.80. The van der Waals surface area contributed by atoms with Gasteiger partial charge in [0.2, 0.25) is 0 Å². The molecule has 1 aliphatic heterocycles. The molecule has 0 bridgehead atoms. The minimum absolute atomic E-state index is 0.0983. The van der Waals surface area contributed by atoms with Gasteiger partial charge in [0.1, 0.15) is 5.92 Å². The molecule has 4 rings (SSSR count). The number of dihydropyridines is 1. The van der Waals surface area contributed by atoms with Gasteiger partial charge in [0.05, 0.1) is 25.4 Å². The van der Waals surface area contributed by atoms with Crippen LogP contribution in [0.5, 0.6) is 0 Å². The minimum Gasteiger partial charge on any atom is -0.466 e. The Balaban J connectivity index is 1.59. The molecule has 3 aromatic rings. The van der Waals surface area contributed by atoms with Gasteiger partial charge in [0.15, 0.2) is 6.10 Å². The number of allylic oxidation sites excluding steroid dienone is 2. The molecule has 1 aromatic heterocycles. The topological polar surface area (TPSA) is 125 Å². The van der Waals surface area contributed by atoms with Gasteiger partial charge in [-0.25, -0.2) is 9.59 Å². The number of aromatic nitrogens is 1. The van der Waals surface area contributed by atoms with Gasteiger partial charge in [-0.3, -0.25) is 9.59 Å². The zero-order valence-corrected chi connectivity index (χ0v) is 22.7. The monoisotopic (exact) mass is 533 g/mol. The number of carbonyl (C=O) groups is 4. The standard InChI is InChI=1S/C29H31N3O7/c1-7-32-21-11-9-8-10-19(21)20-14-18(12-13-22(20)32)31-26(33)17(4)39-29(36)25-23(27(34)37-5)15(2)30-16(3)24(25)28(35)38-6/h8-14,17,25,30H,7H2,1-6H3,(H,31,33)/t17-/m0/s1. The van der Waals surface area contributed by atoms with E-state index in [1.807, 2.05) is 30.3 Å². The average molecular weight is 534 g/mol. The van der Waals surface area contributed by atoms with Crippen molar-refractivity contribution in [2.75, 3.05) is 19.5 Å². The minimum atomic E-state index is -1.43. The fourth-order valence-electron chi connectivity index (χ4n) is 5.00. The normalized spacial score (nSPS) is 14.7. The quantitative estimate of drug-likeness (QED) is 0.347. The second-order valence-corrected chi connectivity index (χ2v) is 9.18. The second-order valence-electron chi connectivity index (χ2n) is 9.18. The Bertz CT molecular complexity index is 1530. The summed E-state index contributed by atoms with van der Waals surface area (Å²) in [7, 11) is 2.33. The largest absolute Gasteiger partial charge is 0.466 e. The van der Waals surface area contributed by atoms with Crippen molar-refractivity contribution in [1.29, 1.82) is 0 Å². The second kappa shape index (κ2) is 11.0. The number of fused-ring (bicyclic) bond motifs is 3. The zero-order valence-electron chi connectivity index (χ0n) is 22.7. The van der Waals surface area contributed by atoms with Crippen LogP contribution in [-0.4, -0.2) is 48.7 Å². The molecule has 0 spiro atoms. The van der Waals surface area contributed by atoms with E-state index in [2.05, 4.69) is 28.2 Å². The summed E-state index contributed by atoms with van der Waals surface area (Å²) in [6.07, 6.45) is -1.24. The smallest absolute Gasteiger partial charge is 0.336 e. The van der Waals surface area contributed by atoms with E-state index in [1.54, 1.807) is 19.9 Å². The number of anilines is 1. The molecule has 1 amide bonds. The molecule has 10 heteroatoms. The summed E-state index contributed by atoms with van der Waals surface area (Å²) in [5, 5.41) is 7.75. The van der Waals surface area contributed by atoms with E-state index in [0.717, 1.165) is 28.4 Å². The molecule has 2 heterocycles. The number of para-hydroxylation sites is 1. The van der Waals surface area contributed by atoms with Crippen LogP contribution in [0.1, 0.15) is 27.7 Å². The summed E-state index contributed by atoms with van der Waals surface area (Å²) in [6.45, 7) is 7.43. The Hall–Kier alpha value is -4.60. The van der Waals surface area contributed by atoms with E-state index in [1.165, 1.54) is 21.1 Å². The highest BCUT2D eigenvalue weighted by molar-refractivity contribution is 6.10. The van der Waals surface area contributed by atoms with Crippen molar-refractivity contribution in [3.63, 3.8) is 0 Å². The third kappa shape index (κ3) is 4.97. The van der Waals surface area contributed by atoms with Crippen LogP contribution in [0.3, 0.4) is 0 Å². The number of esters is 3. The highest BCUT2D eigenvalue weighted by Crippen LogP contribution is 2.33. The first-order chi connectivity index (χ1) is 18.6. The van der Waals surface area contributed by atoms with Gasteiger partial charge in [0.25, 0.3) is 5.91 Å². The third-order valence-electron chi connectivity index (χ3n) is 6.82. The molecule has 2 N–H and O–H groups in total. The molecule has 204 valence electrons. The number of nitrogens with one attached hydrogen (secondary N) is 2. The van der Waals surface area contributed by atoms with Gasteiger partial charge in [-0.2, -0.15) is 0 Å². The maximum Gasteiger partial charge on any atom is 0.336 e. The van der Waals surface area contributed by atoms with Crippen molar-refractivity contribution in [2.24, 2.45) is 5.92 Å². The van der Waals surface area contributed by atoms with Crippen molar-refractivity contribution in [3.05, 3.63) is 65.0 Å². The van der Waals surface area contributed by atoms with Crippen molar-refractivity contribution in [3.8, 4) is 0 Å². The molecular weight excluding hydrogens is 502 g/mol. The number of hydrogen-bond acceptors (Lipinski definition) is 8. The van der Waals surface area contributed by atoms with Gasteiger partial charge >= 0.3 is 17.9 Å². The van der Waals surface area contributed by atoms with Crippen LogP contribution in [0.2, 0.25) is 0 Å². The number of ether oxygens (including phenoxy) is 3. The molecule has 39 heavy (non-hydrogen) atoms. The Morgan fingerprint density at radius 1 is 0.923 bits per heavy atom. The molecule has 0 unspecified atom stereocenters. The summed E-state index contributed by atoms with van der Waals surface area (Å²) in [6, 6.07) is 13.6. The van der Waals surface area contributed by atoms with Crippen LogP contribution in [0.4, 0.5) is 5.69 Å². The summed E-state index contributed by atoms with van der Waals surface area (Å²) < 4.78 is 17.4. The number of methoxy groups -OCH3 is 2. The maximum atomic E-state index is 13.4. The number of benzene rings is 2. The molecule has 0 radical (unpaired) electrons. The fraction of sp³-hybridized carbons (Fsp3) is 0.310. The molecule has 0 saturated heterocycles. The first kappa shape index (κ1) is 27.4. The van der Waals surface area contributed by atoms with Gasteiger partial charge in [-0.1, -0.05) is 18.2 Å². The Morgan fingerprint density at radius 2 is 1.51 bits per heavy atom. The predicted molar refractivity (Wildman–Crippen MR) is 145 cm³/mol. The summed E-state index contributed by atoms with van der Waals surface area (Å²) >= 11 is 0. The Kier molecular flexibility index (Phi) is 7.75. The first-order valence-corrected chi connectivity index (χ1v) is 12.5. The van der Waals surface area contributed by atoms with Crippen molar-refractivity contribution < 1.29 is 33.4 Å². The van der Waals surface area contributed by atoms with Crippen LogP contribution in [0.25, 0.3) is 21.8 Å².